The van der Waals surface area contributed by atoms with Crippen molar-refractivity contribution in [1.82, 2.24) is 9.97 Å². The summed E-state index contributed by atoms with van der Waals surface area (Å²) < 4.78 is 18.7. The van der Waals surface area contributed by atoms with Crippen molar-refractivity contribution >= 4 is 11.8 Å². The molecule has 16 heavy (non-hydrogen) atoms. The number of hydrogen-bond acceptors (Lipinski definition) is 5. The molecule has 0 amide bonds. The van der Waals surface area contributed by atoms with E-state index in [0.717, 1.165) is 0 Å². The van der Waals surface area contributed by atoms with Gasteiger partial charge in [-0.2, -0.15) is 4.98 Å². The van der Waals surface area contributed by atoms with Gasteiger partial charge in [-0.3, -0.25) is 0 Å². The molecule has 1 aromatic rings. The van der Waals surface area contributed by atoms with E-state index in [1.165, 1.54) is 7.11 Å². The first-order chi connectivity index (χ1) is 7.70. The molecular formula is C10H15FN4O. The second kappa shape index (κ2) is 4.61. The van der Waals surface area contributed by atoms with Crippen molar-refractivity contribution in [2.24, 2.45) is 0 Å². The highest BCUT2D eigenvalue weighted by Gasteiger charge is 2.30. The van der Waals surface area contributed by atoms with E-state index in [4.69, 9.17) is 10.5 Å². The maximum absolute atomic E-state index is 13.6. The zero-order valence-corrected chi connectivity index (χ0v) is 9.14. The molecule has 2 N–H and O–H groups in total. The normalized spacial score (nSPS) is 25.8. The van der Waals surface area contributed by atoms with Gasteiger partial charge in [0.1, 0.15) is 12.0 Å². The number of nitrogen functional groups attached to an aromatic ring is 1. The van der Waals surface area contributed by atoms with E-state index in [1.54, 1.807) is 17.2 Å². The lowest BCUT2D eigenvalue weighted by molar-refractivity contribution is 0.0194. The predicted molar refractivity (Wildman–Crippen MR) is 59.0 cm³/mol. The lowest BCUT2D eigenvalue weighted by Gasteiger charge is -2.33. The monoisotopic (exact) mass is 226 g/mol. The minimum Gasteiger partial charge on any atom is -0.384 e. The fraction of sp³-hybridized carbons (Fsp3) is 0.600. The van der Waals surface area contributed by atoms with Gasteiger partial charge in [-0.1, -0.05) is 0 Å². The van der Waals surface area contributed by atoms with E-state index >= 15 is 0 Å². The van der Waals surface area contributed by atoms with E-state index in [1.807, 2.05) is 0 Å². The van der Waals surface area contributed by atoms with Crippen molar-refractivity contribution < 1.29 is 9.13 Å². The predicted octanol–water partition coefficient (Wildman–Crippen LogP) is 0.622. The SMILES string of the molecule is CO[C@@H]1CCN(c2nccc(N)n2)C[C@@H]1F. The van der Waals surface area contributed by atoms with Crippen LogP contribution in [0, 0.1) is 0 Å². The topological polar surface area (TPSA) is 64.3 Å². The summed E-state index contributed by atoms with van der Waals surface area (Å²) in [4.78, 5) is 9.93. The molecule has 1 aliphatic heterocycles. The van der Waals surface area contributed by atoms with Crippen molar-refractivity contribution in [1.29, 1.82) is 0 Å². The molecule has 2 rings (SSSR count). The summed E-state index contributed by atoms with van der Waals surface area (Å²) in [7, 11) is 1.53. The Balaban J connectivity index is 2.07. The van der Waals surface area contributed by atoms with Crippen LogP contribution in [0.5, 0.6) is 0 Å². The smallest absolute Gasteiger partial charge is 0.227 e. The van der Waals surface area contributed by atoms with Gasteiger partial charge in [0.25, 0.3) is 0 Å². The van der Waals surface area contributed by atoms with Gasteiger partial charge >= 0.3 is 0 Å². The highest BCUT2D eigenvalue weighted by Crippen LogP contribution is 2.20. The highest BCUT2D eigenvalue weighted by molar-refractivity contribution is 5.38. The van der Waals surface area contributed by atoms with Gasteiger partial charge in [-0.05, 0) is 12.5 Å². The molecule has 1 saturated heterocycles. The van der Waals surface area contributed by atoms with Gasteiger partial charge in [0.15, 0.2) is 0 Å². The lowest BCUT2D eigenvalue weighted by Crippen LogP contribution is -2.46. The maximum atomic E-state index is 13.6. The largest absolute Gasteiger partial charge is 0.384 e. The summed E-state index contributed by atoms with van der Waals surface area (Å²) in [5.41, 5.74) is 5.56. The van der Waals surface area contributed by atoms with Crippen LogP contribution in [0.15, 0.2) is 12.3 Å². The lowest BCUT2D eigenvalue weighted by atomic mass is 10.1. The third-order valence-corrected chi connectivity index (χ3v) is 2.73. The number of nitrogens with zero attached hydrogens (tertiary/aromatic N) is 3. The molecule has 0 radical (unpaired) electrons. The molecule has 0 spiro atoms. The second-order valence-corrected chi connectivity index (χ2v) is 3.81. The van der Waals surface area contributed by atoms with E-state index in [2.05, 4.69) is 9.97 Å². The molecule has 0 bridgehead atoms. The molecule has 1 aliphatic rings. The van der Waals surface area contributed by atoms with Gasteiger partial charge < -0.3 is 15.4 Å². The van der Waals surface area contributed by atoms with Gasteiger partial charge in [0.05, 0.1) is 12.6 Å². The Morgan fingerprint density at radius 1 is 1.62 bits per heavy atom. The van der Waals surface area contributed by atoms with Crippen LogP contribution in [-0.2, 0) is 4.74 Å². The first-order valence-electron chi connectivity index (χ1n) is 5.21. The molecule has 1 aromatic heterocycles. The van der Waals surface area contributed by atoms with Crippen LogP contribution in [0.1, 0.15) is 6.42 Å². The van der Waals surface area contributed by atoms with E-state index < -0.39 is 6.17 Å². The average molecular weight is 226 g/mol. The number of ether oxygens (including phenoxy) is 1. The van der Waals surface area contributed by atoms with Crippen LogP contribution in [0.2, 0.25) is 0 Å². The number of anilines is 2. The molecule has 0 unspecified atom stereocenters. The summed E-state index contributed by atoms with van der Waals surface area (Å²) in [5.74, 6) is 0.881. The highest BCUT2D eigenvalue weighted by atomic mass is 19.1. The summed E-state index contributed by atoms with van der Waals surface area (Å²) in [6.45, 7) is 0.935. The minimum atomic E-state index is -1.01. The van der Waals surface area contributed by atoms with E-state index in [0.29, 0.717) is 24.7 Å². The summed E-state index contributed by atoms with van der Waals surface area (Å²) in [6, 6.07) is 1.61. The van der Waals surface area contributed by atoms with Gasteiger partial charge in [0.2, 0.25) is 5.95 Å². The Labute approximate surface area is 93.4 Å². The van der Waals surface area contributed by atoms with Crippen molar-refractivity contribution in [2.75, 3.05) is 30.8 Å². The number of piperidine rings is 1. The third kappa shape index (κ3) is 2.21. The van der Waals surface area contributed by atoms with Crippen molar-refractivity contribution in [3.05, 3.63) is 12.3 Å². The number of methoxy groups -OCH3 is 1. The van der Waals surface area contributed by atoms with E-state index in [-0.39, 0.29) is 12.6 Å². The Morgan fingerprint density at radius 3 is 3.06 bits per heavy atom. The van der Waals surface area contributed by atoms with Crippen molar-refractivity contribution in [2.45, 2.75) is 18.7 Å². The number of rotatable bonds is 2. The molecule has 2 heterocycles. The van der Waals surface area contributed by atoms with Crippen LogP contribution in [0.3, 0.4) is 0 Å². The summed E-state index contributed by atoms with van der Waals surface area (Å²) in [5, 5.41) is 0. The molecule has 6 heteroatoms. The Hall–Kier alpha value is -1.43. The first-order valence-corrected chi connectivity index (χ1v) is 5.21. The maximum Gasteiger partial charge on any atom is 0.227 e. The van der Waals surface area contributed by atoms with Crippen LogP contribution in [-0.4, -0.2) is 42.4 Å². The zero-order chi connectivity index (χ0) is 11.5. The molecule has 2 atom stereocenters. The molecule has 0 aliphatic carbocycles. The molecule has 0 saturated carbocycles. The number of nitrogens with two attached hydrogens (primary N) is 1. The molecule has 5 nitrogen and oxygen atoms in total. The average Bonchev–Trinajstić information content (AvgIpc) is 2.29. The van der Waals surface area contributed by atoms with Gasteiger partial charge in [-0.25, -0.2) is 9.37 Å². The Bertz CT molecular complexity index is 362. The van der Waals surface area contributed by atoms with E-state index in [9.17, 15) is 4.39 Å². The van der Waals surface area contributed by atoms with Crippen LogP contribution < -0.4 is 10.6 Å². The number of alkyl halides is 1. The van der Waals surface area contributed by atoms with Gasteiger partial charge in [-0.15, -0.1) is 0 Å². The number of hydrogen-bond donors (Lipinski definition) is 1. The quantitative estimate of drug-likeness (QED) is 0.801. The minimum absolute atomic E-state index is 0.252. The Kier molecular flexibility index (Phi) is 3.19. The number of aromatic nitrogens is 2. The second-order valence-electron chi connectivity index (χ2n) is 3.81. The standard InChI is InChI=1S/C10H15FN4O/c1-16-8-3-5-15(6-7(8)11)10-13-4-2-9(12)14-10/h2,4,7-8H,3,5-6H2,1H3,(H2,12,13,14)/t7-,8+/m0/s1. The fourth-order valence-corrected chi connectivity index (χ4v) is 1.84. The molecule has 0 aromatic carbocycles. The van der Waals surface area contributed by atoms with Crippen molar-refractivity contribution in [3.63, 3.8) is 0 Å². The van der Waals surface area contributed by atoms with Crippen LogP contribution in [0.25, 0.3) is 0 Å². The number of halogens is 1. The van der Waals surface area contributed by atoms with Gasteiger partial charge in [0, 0.05) is 19.9 Å². The Morgan fingerprint density at radius 2 is 2.44 bits per heavy atom. The summed E-state index contributed by atoms with van der Waals surface area (Å²) >= 11 is 0. The molecule has 1 fully saturated rings. The first kappa shape index (κ1) is 11.1. The zero-order valence-electron chi connectivity index (χ0n) is 9.14. The van der Waals surface area contributed by atoms with Crippen LogP contribution in [0.4, 0.5) is 16.2 Å². The molecular weight excluding hydrogens is 211 g/mol. The van der Waals surface area contributed by atoms with Crippen molar-refractivity contribution in [3.8, 4) is 0 Å². The summed E-state index contributed by atoms with van der Waals surface area (Å²) in [6.07, 6.45) is 0.879. The third-order valence-electron chi connectivity index (χ3n) is 2.73. The fourth-order valence-electron chi connectivity index (χ4n) is 1.84. The molecule has 88 valence electrons. The van der Waals surface area contributed by atoms with Crippen LogP contribution >= 0.6 is 0 Å².